The first-order chi connectivity index (χ1) is 11.5. The molecule has 3 heteroatoms. The van der Waals surface area contributed by atoms with Crippen LogP contribution in [0.15, 0.2) is 12.2 Å². The monoisotopic (exact) mass is 332 g/mol. The molecule has 0 aromatic rings. The molecule has 1 heterocycles. The van der Waals surface area contributed by atoms with E-state index < -0.39 is 5.79 Å². The lowest BCUT2D eigenvalue weighted by molar-refractivity contribution is -0.230. The Morgan fingerprint density at radius 2 is 1.79 bits per heavy atom. The van der Waals surface area contributed by atoms with E-state index in [-0.39, 0.29) is 11.5 Å². The van der Waals surface area contributed by atoms with Crippen LogP contribution in [0.25, 0.3) is 0 Å². The number of fused-ring (bicyclic) bond motifs is 6. The summed E-state index contributed by atoms with van der Waals surface area (Å²) < 4.78 is 12.3. The van der Waals surface area contributed by atoms with Crippen molar-refractivity contribution in [1.82, 2.24) is 0 Å². The van der Waals surface area contributed by atoms with E-state index in [1.165, 1.54) is 32.1 Å². The predicted octanol–water partition coefficient (Wildman–Crippen LogP) is 3.91. The minimum Gasteiger partial charge on any atom is -0.393 e. The van der Waals surface area contributed by atoms with Gasteiger partial charge in [-0.05, 0) is 80.1 Å². The van der Waals surface area contributed by atoms with E-state index in [9.17, 15) is 5.11 Å². The predicted molar refractivity (Wildman–Crippen MR) is 92.3 cm³/mol. The van der Waals surface area contributed by atoms with Gasteiger partial charge in [0, 0.05) is 5.41 Å². The van der Waals surface area contributed by atoms with Crippen LogP contribution in [0, 0.1) is 34.5 Å². The van der Waals surface area contributed by atoms with Gasteiger partial charge >= 0.3 is 0 Å². The lowest BCUT2D eigenvalue weighted by Crippen LogP contribution is -2.57. The molecule has 3 saturated carbocycles. The molecule has 1 aliphatic heterocycles. The Morgan fingerprint density at radius 1 is 1.00 bits per heavy atom. The molecule has 4 aliphatic carbocycles. The topological polar surface area (TPSA) is 38.7 Å². The van der Waals surface area contributed by atoms with Gasteiger partial charge < -0.3 is 14.6 Å². The molecule has 0 aromatic carbocycles. The van der Waals surface area contributed by atoms with Gasteiger partial charge in [-0.2, -0.15) is 0 Å². The van der Waals surface area contributed by atoms with Gasteiger partial charge in [0.25, 0.3) is 0 Å². The number of rotatable bonds is 0. The Bertz CT molecular complexity index is 551. The Morgan fingerprint density at radius 3 is 2.58 bits per heavy atom. The maximum atomic E-state index is 10.1. The fourth-order valence-corrected chi connectivity index (χ4v) is 7.52. The Hall–Kier alpha value is -0.380. The van der Waals surface area contributed by atoms with Gasteiger partial charge in [-0.25, -0.2) is 0 Å². The third-order valence-electron chi connectivity index (χ3n) is 8.92. The van der Waals surface area contributed by atoms with Gasteiger partial charge in [0.05, 0.1) is 19.3 Å². The first kappa shape index (κ1) is 15.8. The van der Waals surface area contributed by atoms with E-state index in [0.29, 0.717) is 11.3 Å². The van der Waals surface area contributed by atoms with Crippen molar-refractivity contribution in [2.45, 2.75) is 70.7 Å². The summed E-state index contributed by atoms with van der Waals surface area (Å²) in [6, 6.07) is 0. The normalized spacial score (nSPS) is 55.2. The fraction of sp³-hybridized carbons (Fsp3) is 0.905. The maximum Gasteiger partial charge on any atom is 0.193 e. The molecule has 5 aliphatic rings. The Labute approximate surface area is 145 Å². The standard InChI is InChI=1S/C21H32O3/c1-19-8-5-15(22)13-14(19)3-4-16-17(19)6-9-20(2)18(16)7-10-21(20)23-11-12-24-21/h7,10,14-18,22H,3-6,8-9,11-13H2,1-2H3/t14-,15-,16?,17?,18?,19-,20-/m0/s1. The number of aliphatic hydroxyl groups is 1. The second kappa shape index (κ2) is 5.08. The maximum absolute atomic E-state index is 10.1. The van der Waals surface area contributed by atoms with Crippen LogP contribution in [0.4, 0.5) is 0 Å². The number of hydrogen-bond acceptors (Lipinski definition) is 3. The molecule has 0 aromatic heterocycles. The second-order valence-electron chi connectivity index (χ2n) is 9.68. The van der Waals surface area contributed by atoms with Crippen molar-refractivity contribution in [2.24, 2.45) is 34.5 Å². The van der Waals surface area contributed by atoms with Crippen molar-refractivity contribution in [1.29, 1.82) is 0 Å². The van der Waals surface area contributed by atoms with E-state index in [4.69, 9.17) is 9.47 Å². The van der Waals surface area contributed by atoms with Crippen LogP contribution in [0.5, 0.6) is 0 Å². The van der Waals surface area contributed by atoms with E-state index in [1.807, 2.05) is 0 Å². The first-order valence-corrected chi connectivity index (χ1v) is 10.1. The van der Waals surface area contributed by atoms with E-state index >= 15 is 0 Å². The summed E-state index contributed by atoms with van der Waals surface area (Å²) >= 11 is 0. The summed E-state index contributed by atoms with van der Waals surface area (Å²) in [5.41, 5.74) is 0.548. The zero-order valence-electron chi connectivity index (χ0n) is 15.2. The molecule has 5 rings (SSSR count). The zero-order valence-corrected chi connectivity index (χ0v) is 15.2. The lowest BCUT2D eigenvalue weighted by atomic mass is 9.45. The van der Waals surface area contributed by atoms with E-state index in [1.54, 1.807) is 0 Å². The van der Waals surface area contributed by atoms with Crippen molar-refractivity contribution in [2.75, 3.05) is 13.2 Å². The summed E-state index contributed by atoms with van der Waals surface area (Å²) in [5.74, 6) is 2.46. The van der Waals surface area contributed by atoms with Gasteiger partial charge in [0.1, 0.15) is 0 Å². The van der Waals surface area contributed by atoms with Gasteiger partial charge in [0.2, 0.25) is 0 Å². The number of hydrogen-bond donors (Lipinski definition) is 1. The fourth-order valence-electron chi connectivity index (χ4n) is 7.52. The number of ether oxygens (including phenoxy) is 2. The van der Waals surface area contributed by atoms with Gasteiger partial charge in [0.15, 0.2) is 5.79 Å². The van der Waals surface area contributed by atoms with Gasteiger partial charge in [-0.15, -0.1) is 0 Å². The summed E-state index contributed by atoms with van der Waals surface area (Å²) in [6.45, 7) is 6.43. The molecular formula is C21H32O3. The van der Waals surface area contributed by atoms with Gasteiger partial charge in [-0.3, -0.25) is 0 Å². The lowest BCUT2D eigenvalue weighted by Gasteiger charge is -2.61. The van der Waals surface area contributed by atoms with Crippen LogP contribution in [0.2, 0.25) is 0 Å². The van der Waals surface area contributed by atoms with Crippen LogP contribution in [-0.2, 0) is 9.47 Å². The summed E-state index contributed by atoms with van der Waals surface area (Å²) in [4.78, 5) is 0. The molecule has 1 spiro atoms. The highest BCUT2D eigenvalue weighted by Crippen LogP contribution is 2.67. The molecular weight excluding hydrogens is 300 g/mol. The summed E-state index contributed by atoms with van der Waals surface area (Å²) in [5, 5.41) is 10.1. The van der Waals surface area contributed by atoms with Gasteiger partial charge in [-0.1, -0.05) is 19.9 Å². The highest BCUT2D eigenvalue weighted by Gasteiger charge is 2.65. The van der Waals surface area contributed by atoms with Crippen LogP contribution in [0.3, 0.4) is 0 Å². The molecule has 3 nitrogen and oxygen atoms in total. The van der Waals surface area contributed by atoms with Crippen molar-refractivity contribution in [3.63, 3.8) is 0 Å². The van der Waals surface area contributed by atoms with E-state index in [0.717, 1.165) is 43.8 Å². The zero-order chi connectivity index (χ0) is 16.6. The smallest absolute Gasteiger partial charge is 0.193 e. The molecule has 24 heavy (non-hydrogen) atoms. The Balaban J connectivity index is 1.46. The van der Waals surface area contributed by atoms with Crippen LogP contribution < -0.4 is 0 Å². The third kappa shape index (κ3) is 1.84. The first-order valence-electron chi connectivity index (χ1n) is 10.1. The highest BCUT2D eigenvalue weighted by molar-refractivity contribution is 5.24. The highest BCUT2D eigenvalue weighted by atomic mass is 16.7. The van der Waals surface area contributed by atoms with Crippen molar-refractivity contribution < 1.29 is 14.6 Å². The largest absolute Gasteiger partial charge is 0.393 e. The average Bonchev–Trinajstić information content (AvgIpc) is 3.15. The molecule has 0 bridgehead atoms. The molecule has 134 valence electrons. The number of aliphatic hydroxyl groups excluding tert-OH is 1. The molecule has 3 unspecified atom stereocenters. The summed E-state index contributed by atoms with van der Waals surface area (Å²) in [7, 11) is 0. The Kier molecular flexibility index (Phi) is 3.35. The quantitative estimate of drug-likeness (QED) is 0.684. The molecule has 4 fully saturated rings. The molecule has 0 amide bonds. The molecule has 7 atom stereocenters. The SMILES string of the molecule is C[C@]12CCC3C(CC[C@H]4C[C@@H](O)CC[C@]34C)C1C=CC21OCCO1. The van der Waals surface area contributed by atoms with Crippen molar-refractivity contribution >= 4 is 0 Å². The van der Waals surface area contributed by atoms with Crippen molar-refractivity contribution in [3.8, 4) is 0 Å². The summed E-state index contributed by atoms with van der Waals surface area (Å²) in [6.07, 6.45) is 13.0. The van der Waals surface area contributed by atoms with Crippen molar-refractivity contribution in [3.05, 3.63) is 12.2 Å². The van der Waals surface area contributed by atoms with E-state index in [2.05, 4.69) is 26.0 Å². The second-order valence-corrected chi connectivity index (χ2v) is 9.68. The minimum atomic E-state index is -0.441. The number of allylic oxidation sites excluding steroid dienone is 1. The van der Waals surface area contributed by atoms with Crippen LogP contribution in [-0.4, -0.2) is 30.2 Å². The average molecular weight is 332 g/mol. The third-order valence-corrected chi connectivity index (χ3v) is 8.92. The minimum absolute atomic E-state index is 0.0524. The van der Waals surface area contributed by atoms with Crippen LogP contribution >= 0.6 is 0 Å². The molecule has 0 radical (unpaired) electrons. The molecule has 1 saturated heterocycles. The van der Waals surface area contributed by atoms with Crippen LogP contribution in [0.1, 0.15) is 58.8 Å². The molecule has 1 N–H and O–H groups in total.